The highest BCUT2D eigenvalue weighted by Crippen LogP contribution is 1.99. The highest BCUT2D eigenvalue weighted by molar-refractivity contribution is 4.97. The summed E-state index contributed by atoms with van der Waals surface area (Å²) in [7, 11) is 0. The maximum absolute atomic E-state index is 4.05. The van der Waals surface area contributed by atoms with Gasteiger partial charge >= 0.3 is 0 Å². The van der Waals surface area contributed by atoms with Crippen molar-refractivity contribution in [3.05, 3.63) is 18.0 Å². The van der Waals surface area contributed by atoms with Gasteiger partial charge in [-0.3, -0.25) is 4.68 Å². The first-order valence-electron chi connectivity index (χ1n) is 3.60. The van der Waals surface area contributed by atoms with Crippen LogP contribution < -0.4 is 0 Å². The summed E-state index contributed by atoms with van der Waals surface area (Å²) in [4.78, 5) is 0. The van der Waals surface area contributed by atoms with Crippen LogP contribution in [0.1, 0.15) is 19.4 Å². The smallest absolute Gasteiger partial charge is 0.116 e. The predicted molar refractivity (Wildman–Crippen MR) is 40.6 cm³/mol. The molecule has 2 nitrogen and oxygen atoms in total. The number of rotatable bonds is 2. The molecule has 0 bridgehead atoms. The molecule has 0 aliphatic heterocycles. The fourth-order valence-electron chi connectivity index (χ4n) is 0.892. The molecule has 0 fully saturated rings. The molecule has 0 atom stereocenters. The molecular formula is C8H13N2. The molecule has 0 N–H and O–H groups in total. The first-order chi connectivity index (χ1) is 4.68. The quantitative estimate of drug-likeness (QED) is 0.606. The van der Waals surface area contributed by atoms with Crippen LogP contribution in [0.25, 0.3) is 0 Å². The van der Waals surface area contributed by atoms with Gasteiger partial charge in [0.25, 0.3) is 0 Å². The third-order valence-electron chi connectivity index (χ3n) is 1.25. The van der Waals surface area contributed by atoms with Gasteiger partial charge in [0, 0.05) is 12.7 Å². The summed E-state index contributed by atoms with van der Waals surface area (Å²) < 4.78 is 1.93. The average molecular weight is 137 g/mol. The number of aryl methyl sites for hydroxylation is 1. The highest BCUT2D eigenvalue weighted by Gasteiger charge is 1.96. The van der Waals surface area contributed by atoms with E-state index in [1.165, 1.54) is 0 Å². The molecule has 0 saturated heterocycles. The summed E-state index contributed by atoms with van der Waals surface area (Å²) in [5, 5.41) is 4.05. The Morgan fingerprint density at radius 3 is 2.80 bits per heavy atom. The maximum Gasteiger partial charge on any atom is 0.116 e. The van der Waals surface area contributed by atoms with Gasteiger partial charge in [-0.05, 0) is 18.4 Å². The number of hydrogen-bond donors (Lipinski definition) is 0. The van der Waals surface area contributed by atoms with Crippen LogP contribution >= 0.6 is 0 Å². The molecule has 1 heterocycles. The maximum atomic E-state index is 4.05. The lowest BCUT2D eigenvalue weighted by Gasteiger charge is -2.02. The Bertz CT molecular complexity index is 201. The van der Waals surface area contributed by atoms with E-state index in [9.17, 15) is 0 Å². The zero-order chi connectivity index (χ0) is 7.56. The first kappa shape index (κ1) is 7.32. The van der Waals surface area contributed by atoms with E-state index in [2.05, 4.69) is 25.1 Å². The zero-order valence-corrected chi connectivity index (χ0v) is 6.76. The van der Waals surface area contributed by atoms with E-state index in [0.717, 1.165) is 12.1 Å². The van der Waals surface area contributed by atoms with E-state index < -0.39 is 0 Å². The Hall–Kier alpha value is -0.790. The second-order valence-corrected chi connectivity index (χ2v) is 3.04. The van der Waals surface area contributed by atoms with Crippen LogP contribution in [0.15, 0.2) is 6.20 Å². The summed E-state index contributed by atoms with van der Waals surface area (Å²) in [6.45, 7) is 7.35. The molecule has 1 radical (unpaired) electrons. The minimum Gasteiger partial charge on any atom is -0.272 e. The molecule has 0 amide bonds. The van der Waals surface area contributed by atoms with E-state index in [4.69, 9.17) is 0 Å². The number of aromatic nitrogens is 2. The lowest BCUT2D eigenvalue weighted by molar-refractivity contribution is 0.482. The van der Waals surface area contributed by atoms with Crippen molar-refractivity contribution in [3.63, 3.8) is 0 Å². The van der Waals surface area contributed by atoms with Crippen LogP contribution in [-0.2, 0) is 6.54 Å². The third-order valence-corrected chi connectivity index (χ3v) is 1.25. The third kappa shape index (κ3) is 1.87. The monoisotopic (exact) mass is 137 g/mol. The van der Waals surface area contributed by atoms with Crippen molar-refractivity contribution in [1.29, 1.82) is 0 Å². The standard InChI is InChI=1S/C8H13N2/c1-7(2)5-10-6-8(3)4-9-10/h6-7H,5H2,1-3H3. The van der Waals surface area contributed by atoms with Crippen LogP contribution in [-0.4, -0.2) is 9.78 Å². The topological polar surface area (TPSA) is 17.8 Å². The van der Waals surface area contributed by atoms with Gasteiger partial charge in [0.15, 0.2) is 0 Å². The molecule has 0 aromatic carbocycles. The van der Waals surface area contributed by atoms with Crippen molar-refractivity contribution in [3.8, 4) is 0 Å². The van der Waals surface area contributed by atoms with E-state index in [1.807, 2.05) is 17.8 Å². The zero-order valence-electron chi connectivity index (χ0n) is 6.76. The molecule has 1 rings (SSSR count). The van der Waals surface area contributed by atoms with E-state index in [-0.39, 0.29) is 0 Å². The molecule has 2 heteroatoms. The normalized spacial score (nSPS) is 10.8. The van der Waals surface area contributed by atoms with Crippen molar-refractivity contribution >= 4 is 0 Å². The number of hydrogen-bond acceptors (Lipinski definition) is 1. The summed E-state index contributed by atoms with van der Waals surface area (Å²) in [5.74, 6) is 0.660. The molecule has 0 saturated carbocycles. The summed E-state index contributed by atoms with van der Waals surface area (Å²) >= 11 is 0. The Morgan fingerprint density at radius 2 is 2.40 bits per heavy atom. The minimum atomic E-state index is 0.660. The molecule has 0 aliphatic carbocycles. The lowest BCUT2D eigenvalue weighted by Crippen LogP contribution is -2.03. The Labute approximate surface area is 61.9 Å². The SMILES string of the molecule is Cc1[c]nn(CC(C)C)c1. The van der Waals surface area contributed by atoms with Gasteiger partial charge in [0.05, 0.1) is 0 Å². The summed E-state index contributed by atoms with van der Waals surface area (Å²) in [6.07, 6.45) is 4.90. The van der Waals surface area contributed by atoms with Crippen molar-refractivity contribution in [1.82, 2.24) is 9.78 Å². The fraction of sp³-hybridized carbons (Fsp3) is 0.625. The van der Waals surface area contributed by atoms with Crippen molar-refractivity contribution in [2.24, 2.45) is 5.92 Å². The van der Waals surface area contributed by atoms with Crippen LogP contribution in [0.3, 0.4) is 0 Å². The summed E-state index contributed by atoms with van der Waals surface area (Å²) in [5.41, 5.74) is 1.11. The van der Waals surface area contributed by atoms with Gasteiger partial charge in [0.1, 0.15) is 6.20 Å². The fourth-order valence-corrected chi connectivity index (χ4v) is 0.892. The van der Waals surface area contributed by atoms with Gasteiger partial charge in [-0.2, -0.15) is 5.10 Å². The van der Waals surface area contributed by atoms with E-state index >= 15 is 0 Å². The van der Waals surface area contributed by atoms with Crippen molar-refractivity contribution in [2.45, 2.75) is 27.3 Å². The van der Waals surface area contributed by atoms with E-state index in [0.29, 0.717) is 5.92 Å². The van der Waals surface area contributed by atoms with Crippen molar-refractivity contribution < 1.29 is 0 Å². The van der Waals surface area contributed by atoms with E-state index in [1.54, 1.807) is 0 Å². The molecule has 0 aliphatic rings. The highest BCUT2D eigenvalue weighted by atomic mass is 15.3. The van der Waals surface area contributed by atoms with Crippen LogP contribution in [0.5, 0.6) is 0 Å². The molecule has 1 aromatic rings. The van der Waals surface area contributed by atoms with Gasteiger partial charge in [-0.15, -0.1) is 0 Å². The van der Waals surface area contributed by atoms with Gasteiger partial charge in [0.2, 0.25) is 0 Å². The molecule has 1 aromatic heterocycles. The molecule has 55 valence electrons. The van der Waals surface area contributed by atoms with Crippen LogP contribution in [0, 0.1) is 19.0 Å². The molecule has 0 unspecified atom stereocenters. The summed E-state index contributed by atoms with van der Waals surface area (Å²) in [6, 6.07) is 0. The van der Waals surface area contributed by atoms with Crippen LogP contribution in [0.2, 0.25) is 0 Å². The lowest BCUT2D eigenvalue weighted by atomic mass is 10.2. The predicted octanol–water partition coefficient (Wildman–Crippen LogP) is 1.65. The average Bonchev–Trinajstić information content (AvgIpc) is 2.13. The Morgan fingerprint density at radius 1 is 1.70 bits per heavy atom. The molecular weight excluding hydrogens is 124 g/mol. The second-order valence-electron chi connectivity index (χ2n) is 3.04. The van der Waals surface area contributed by atoms with Crippen molar-refractivity contribution in [2.75, 3.05) is 0 Å². The second kappa shape index (κ2) is 2.86. The molecule has 0 spiro atoms. The van der Waals surface area contributed by atoms with Crippen LogP contribution in [0.4, 0.5) is 0 Å². The first-order valence-corrected chi connectivity index (χ1v) is 3.60. The Balaban J connectivity index is 2.58. The largest absolute Gasteiger partial charge is 0.272 e. The minimum absolute atomic E-state index is 0.660. The van der Waals surface area contributed by atoms with Gasteiger partial charge < -0.3 is 0 Å². The Kier molecular flexibility index (Phi) is 2.10. The molecule has 10 heavy (non-hydrogen) atoms. The number of nitrogens with zero attached hydrogens (tertiary/aromatic N) is 2. The van der Waals surface area contributed by atoms with Gasteiger partial charge in [-0.1, -0.05) is 13.8 Å². The van der Waals surface area contributed by atoms with Gasteiger partial charge in [-0.25, -0.2) is 0 Å².